The van der Waals surface area contributed by atoms with E-state index in [2.05, 4.69) is 15.5 Å². The maximum atomic E-state index is 13.4. The minimum Gasteiger partial charge on any atom is -0.497 e. The molecule has 12 heteroatoms. The zero-order chi connectivity index (χ0) is 24.5. The van der Waals surface area contributed by atoms with Gasteiger partial charge in [0.2, 0.25) is 5.91 Å². The molecule has 2 aromatic carbocycles. The van der Waals surface area contributed by atoms with E-state index in [1.807, 2.05) is 0 Å². The first-order chi connectivity index (χ1) is 16.2. The first kappa shape index (κ1) is 23.6. The van der Waals surface area contributed by atoms with E-state index >= 15 is 0 Å². The Hall–Kier alpha value is -3.54. The van der Waals surface area contributed by atoms with Gasteiger partial charge < -0.3 is 10.1 Å². The second kappa shape index (κ2) is 9.37. The summed E-state index contributed by atoms with van der Waals surface area (Å²) in [5, 5.41) is 10.4. The summed E-state index contributed by atoms with van der Waals surface area (Å²) in [6.07, 6.45) is -4.54. The fourth-order valence-corrected chi connectivity index (χ4v) is 4.37. The fraction of sp³-hybridized carbons (Fsp3) is 0.273. The molecule has 0 bridgehead atoms. The lowest BCUT2D eigenvalue weighted by Gasteiger charge is -2.18. The number of methoxy groups -OCH3 is 1. The highest BCUT2D eigenvalue weighted by atomic mass is 32.2. The number of imide groups is 1. The number of ether oxygens (including phenoxy) is 1. The standard InChI is InChI=1S/C22H20F3N5O3S/c1-13(19(31)29-11-10-26-20(29)32)34-21-28-27-18(14-6-8-17(33-2)9-7-14)30(21)16-5-3-4-15(12-16)22(23,24)25/h3-9,12-13H,10-11H2,1-2H3,(H,26,32)/t13-/m1/s1. The molecule has 8 nitrogen and oxygen atoms in total. The highest BCUT2D eigenvalue weighted by molar-refractivity contribution is 8.00. The lowest BCUT2D eigenvalue weighted by molar-refractivity contribution is -0.137. The van der Waals surface area contributed by atoms with Crippen molar-refractivity contribution in [1.29, 1.82) is 0 Å². The normalized spacial score (nSPS) is 14.7. The molecule has 1 aromatic heterocycles. The number of aromatic nitrogens is 3. The Balaban J connectivity index is 1.75. The Bertz CT molecular complexity index is 1210. The molecule has 0 saturated carbocycles. The molecule has 1 fully saturated rings. The van der Waals surface area contributed by atoms with Gasteiger partial charge in [0.05, 0.1) is 23.6 Å². The predicted molar refractivity (Wildman–Crippen MR) is 119 cm³/mol. The van der Waals surface area contributed by atoms with Gasteiger partial charge in [0.1, 0.15) is 5.75 Å². The Kier molecular flexibility index (Phi) is 6.51. The number of urea groups is 1. The van der Waals surface area contributed by atoms with Gasteiger partial charge in [-0.05, 0) is 49.4 Å². The number of hydrogen-bond donors (Lipinski definition) is 1. The summed E-state index contributed by atoms with van der Waals surface area (Å²) in [4.78, 5) is 25.7. The number of halogens is 3. The number of rotatable bonds is 6. The smallest absolute Gasteiger partial charge is 0.416 e. The van der Waals surface area contributed by atoms with Crippen LogP contribution in [0.25, 0.3) is 17.1 Å². The second-order valence-corrected chi connectivity index (χ2v) is 8.71. The molecule has 1 aliphatic rings. The van der Waals surface area contributed by atoms with Gasteiger partial charge in [-0.1, -0.05) is 17.8 Å². The molecule has 34 heavy (non-hydrogen) atoms. The molecule has 0 radical (unpaired) electrons. The molecule has 3 aromatic rings. The van der Waals surface area contributed by atoms with Crippen LogP contribution in [0, 0.1) is 0 Å². The molecule has 178 valence electrons. The van der Waals surface area contributed by atoms with Crippen LogP contribution >= 0.6 is 11.8 Å². The number of hydrogen-bond acceptors (Lipinski definition) is 6. The van der Waals surface area contributed by atoms with Crippen LogP contribution in [0.1, 0.15) is 12.5 Å². The molecule has 0 unspecified atom stereocenters. The number of thioether (sulfide) groups is 1. The van der Waals surface area contributed by atoms with Crippen LogP contribution in [0.2, 0.25) is 0 Å². The van der Waals surface area contributed by atoms with E-state index in [-0.39, 0.29) is 17.4 Å². The number of benzene rings is 2. The first-order valence-corrected chi connectivity index (χ1v) is 11.1. The highest BCUT2D eigenvalue weighted by Gasteiger charge is 2.33. The van der Waals surface area contributed by atoms with Gasteiger partial charge in [-0.15, -0.1) is 10.2 Å². The fourth-order valence-electron chi connectivity index (χ4n) is 3.44. The topological polar surface area (TPSA) is 89.4 Å². The first-order valence-electron chi connectivity index (χ1n) is 10.2. The van der Waals surface area contributed by atoms with Gasteiger partial charge in [0.25, 0.3) is 0 Å². The minimum absolute atomic E-state index is 0.187. The monoisotopic (exact) mass is 491 g/mol. The van der Waals surface area contributed by atoms with Crippen molar-refractivity contribution in [2.24, 2.45) is 0 Å². The molecule has 0 aliphatic carbocycles. The average Bonchev–Trinajstić information content (AvgIpc) is 3.44. The summed E-state index contributed by atoms with van der Waals surface area (Å²) in [7, 11) is 1.52. The number of alkyl halides is 3. The molecular weight excluding hydrogens is 471 g/mol. The third-order valence-electron chi connectivity index (χ3n) is 5.17. The van der Waals surface area contributed by atoms with Crippen molar-refractivity contribution in [3.63, 3.8) is 0 Å². The number of carbonyl (C=O) groups excluding carboxylic acids is 2. The Morgan fingerprint density at radius 1 is 1.18 bits per heavy atom. The van der Waals surface area contributed by atoms with Crippen molar-refractivity contribution >= 4 is 23.7 Å². The van der Waals surface area contributed by atoms with E-state index in [0.29, 0.717) is 23.7 Å². The van der Waals surface area contributed by atoms with Gasteiger partial charge in [0, 0.05) is 18.7 Å². The Labute approximate surface area is 197 Å². The number of nitrogens with zero attached hydrogens (tertiary/aromatic N) is 4. The summed E-state index contributed by atoms with van der Waals surface area (Å²) in [6, 6.07) is 11.1. The zero-order valence-corrected chi connectivity index (χ0v) is 19.0. The van der Waals surface area contributed by atoms with E-state index in [1.165, 1.54) is 23.8 Å². The zero-order valence-electron chi connectivity index (χ0n) is 18.2. The van der Waals surface area contributed by atoms with Crippen LogP contribution in [0.4, 0.5) is 18.0 Å². The predicted octanol–water partition coefficient (Wildman–Crippen LogP) is 3.99. The molecule has 4 rings (SSSR count). The van der Waals surface area contributed by atoms with Crippen LogP contribution in [-0.4, -0.2) is 57.1 Å². The third-order valence-corrected chi connectivity index (χ3v) is 6.20. The largest absolute Gasteiger partial charge is 0.497 e. The quantitative estimate of drug-likeness (QED) is 0.525. The molecular formula is C22H20F3N5O3S. The SMILES string of the molecule is COc1ccc(-c2nnc(S[C@H](C)C(=O)N3CCNC3=O)n2-c2cccc(C(F)(F)F)c2)cc1. The third kappa shape index (κ3) is 4.72. The van der Waals surface area contributed by atoms with Crippen LogP contribution in [0.15, 0.2) is 53.7 Å². The second-order valence-electron chi connectivity index (χ2n) is 7.40. The summed E-state index contributed by atoms with van der Waals surface area (Å²) in [6.45, 7) is 2.22. The molecule has 0 spiro atoms. The Morgan fingerprint density at radius 2 is 1.91 bits per heavy atom. The lowest BCUT2D eigenvalue weighted by atomic mass is 10.1. The highest BCUT2D eigenvalue weighted by Crippen LogP contribution is 2.35. The molecule has 1 atom stereocenters. The van der Waals surface area contributed by atoms with Crippen molar-refractivity contribution in [3.8, 4) is 22.8 Å². The maximum absolute atomic E-state index is 13.4. The van der Waals surface area contributed by atoms with E-state index < -0.39 is 28.9 Å². The van der Waals surface area contributed by atoms with E-state index in [4.69, 9.17) is 4.74 Å². The van der Waals surface area contributed by atoms with Crippen molar-refractivity contribution in [3.05, 3.63) is 54.1 Å². The molecule has 2 heterocycles. The van der Waals surface area contributed by atoms with E-state index in [1.54, 1.807) is 31.2 Å². The summed E-state index contributed by atoms with van der Waals surface area (Å²) < 4.78 is 46.8. The van der Waals surface area contributed by atoms with Crippen LogP contribution in [0.5, 0.6) is 5.75 Å². The molecule has 3 amide bonds. The van der Waals surface area contributed by atoms with Crippen molar-refractivity contribution in [2.75, 3.05) is 20.2 Å². The lowest BCUT2D eigenvalue weighted by Crippen LogP contribution is -2.39. The van der Waals surface area contributed by atoms with Crippen LogP contribution < -0.4 is 10.1 Å². The number of amides is 3. The summed E-state index contributed by atoms with van der Waals surface area (Å²) in [5.74, 6) is 0.472. The number of nitrogens with one attached hydrogen (secondary N) is 1. The summed E-state index contributed by atoms with van der Waals surface area (Å²) in [5.41, 5.74) is -0.0460. The van der Waals surface area contributed by atoms with E-state index in [0.717, 1.165) is 28.8 Å². The van der Waals surface area contributed by atoms with Gasteiger partial charge in [-0.2, -0.15) is 13.2 Å². The molecule has 1 N–H and O–H groups in total. The van der Waals surface area contributed by atoms with Crippen molar-refractivity contribution in [2.45, 2.75) is 23.5 Å². The van der Waals surface area contributed by atoms with Crippen molar-refractivity contribution in [1.82, 2.24) is 25.0 Å². The molecule has 1 saturated heterocycles. The average molecular weight is 491 g/mol. The Morgan fingerprint density at radius 3 is 2.53 bits per heavy atom. The van der Waals surface area contributed by atoms with Crippen LogP contribution in [0.3, 0.4) is 0 Å². The number of carbonyl (C=O) groups is 2. The van der Waals surface area contributed by atoms with Gasteiger partial charge in [0.15, 0.2) is 11.0 Å². The minimum atomic E-state index is -4.54. The maximum Gasteiger partial charge on any atom is 0.416 e. The van der Waals surface area contributed by atoms with Gasteiger partial charge in [-0.3, -0.25) is 14.3 Å². The van der Waals surface area contributed by atoms with Gasteiger partial charge in [-0.25, -0.2) is 4.79 Å². The van der Waals surface area contributed by atoms with Gasteiger partial charge >= 0.3 is 12.2 Å². The summed E-state index contributed by atoms with van der Waals surface area (Å²) >= 11 is 1.01. The van der Waals surface area contributed by atoms with Crippen molar-refractivity contribution < 1.29 is 27.5 Å². The molecule has 1 aliphatic heterocycles. The van der Waals surface area contributed by atoms with Crippen LogP contribution in [-0.2, 0) is 11.0 Å². The van der Waals surface area contributed by atoms with E-state index in [9.17, 15) is 22.8 Å².